The topological polar surface area (TPSA) is 55.0 Å². The molecule has 1 aliphatic rings. The lowest BCUT2D eigenvalue weighted by Crippen LogP contribution is -2.39. The van der Waals surface area contributed by atoms with Gasteiger partial charge in [0.15, 0.2) is 0 Å². The minimum atomic E-state index is 0.395. The maximum atomic E-state index is 5.89. The van der Waals surface area contributed by atoms with E-state index in [1.807, 2.05) is 6.07 Å². The first-order chi connectivity index (χ1) is 7.27. The first-order valence-corrected chi connectivity index (χ1v) is 5.53. The molecule has 1 heterocycles. The Morgan fingerprint density at radius 2 is 1.80 bits per heavy atom. The monoisotopic (exact) mass is 206 g/mol. The van der Waals surface area contributed by atoms with Gasteiger partial charge in [-0.1, -0.05) is 0 Å². The van der Waals surface area contributed by atoms with Gasteiger partial charge in [0.25, 0.3) is 0 Å². The number of anilines is 1. The SMILES string of the molecule is CN(c1ncccn1)C1CCC(N)CC1. The summed E-state index contributed by atoms with van der Waals surface area (Å²) in [7, 11) is 2.07. The average molecular weight is 206 g/mol. The summed E-state index contributed by atoms with van der Waals surface area (Å²) in [5, 5.41) is 0. The number of nitrogens with zero attached hydrogens (tertiary/aromatic N) is 3. The molecule has 15 heavy (non-hydrogen) atoms. The molecule has 4 heteroatoms. The van der Waals surface area contributed by atoms with Gasteiger partial charge in [-0.2, -0.15) is 0 Å². The first-order valence-electron chi connectivity index (χ1n) is 5.53. The molecular formula is C11H18N4. The molecule has 0 aromatic carbocycles. The van der Waals surface area contributed by atoms with E-state index in [-0.39, 0.29) is 0 Å². The van der Waals surface area contributed by atoms with E-state index in [0.717, 1.165) is 31.6 Å². The van der Waals surface area contributed by atoms with Crippen molar-refractivity contribution in [3.63, 3.8) is 0 Å². The van der Waals surface area contributed by atoms with Crippen LogP contribution in [0.15, 0.2) is 18.5 Å². The minimum Gasteiger partial charge on any atom is -0.341 e. The molecule has 0 amide bonds. The highest BCUT2D eigenvalue weighted by molar-refractivity contribution is 5.28. The van der Waals surface area contributed by atoms with Gasteiger partial charge in [-0.25, -0.2) is 9.97 Å². The molecule has 2 N–H and O–H groups in total. The van der Waals surface area contributed by atoms with Crippen LogP contribution in [0, 0.1) is 0 Å². The van der Waals surface area contributed by atoms with E-state index in [9.17, 15) is 0 Å². The Kier molecular flexibility index (Phi) is 3.16. The molecule has 0 atom stereocenters. The third kappa shape index (κ3) is 2.45. The second-order valence-corrected chi connectivity index (χ2v) is 4.23. The van der Waals surface area contributed by atoms with Crippen LogP contribution in [0.4, 0.5) is 5.95 Å². The molecule has 82 valence electrons. The fraction of sp³-hybridized carbons (Fsp3) is 0.636. The quantitative estimate of drug-likeness (QED) is 0.789. The summed E-state index contributed by atoms with van der Waals surface area (Å²) in [5.41, 5.74) is 5.89. The van der Waals surface area contributed by atoms with Crippen molar-refractivity contribution < 1.29 is 0 Å². The first kappa shape index (κ1) is 10.4. The van der Waals surface area contributed by atoms with Crippen LogP contribution in [-0.2, 0) is 0 Å². The van der Waals surface area contributed by atoms with Crippen molar-refractivity contribution >= 4 is 5.95 Å². The van der Waals surface area contributed by atoms with Gasteiger partial charge in [0, 0.05) is 31.5 Å². The molecule has 0 unspecified atom stereocenters. The Morgan fingerprint density at radius 1 is 1.20 bits per heavy atom. The highest BCUT2D eigenvalue weighted by Gasteiger charge is 2.23. The Labute approximate surface area is 90.5 Å². The van der Waals surface area contributed by atoms with Gasteiger partial charge in [0.05, 0.1) is 0 Å². The molecule has 0 saturated heterocycles. The van der Waals surface area contributed by atoms with E-state index < -0.39 is 0 Å². The van der Waals surface area contributed by atoms with Crippen molar-refractivity contribution in [1.29, 1.82) is 0 Å². The predicted molar refractivity (Wildman–Crippen MR) is 60.7 cm³/mol. The Morgan fingerprint density at radius 3 is 2.40 bits per heavy atom. The zero-order valence-corrected chi connectivity index (χ0v) is 9.13. The van der Waals surface area contributed by atoms with E-state index in [2.05, 4.69) is 21.9 Å². The zero-order chi connectivity index (χ0) is 10.7. The molecule has 2 rings (SSSR count). The van der Waals surface area contributed by atoms with Crippen molar-refractivity contribution in [2.45, 2.75) is 37.8 Å². The molecule has 1 aromatic rings. The molecule has 1 aromatic heterocycles. The lowest BCUT2D eigenvalue weighted by molar-refractivity contribution is 0.382. The second kappa shape index (κ2) is 4.57. The number of rotatable bonds is 2. The Balaban J connectivity index is 1.99. The number of hydrogen-bond donors (Lipinski definition) is 1. The lowest BCUT2D eigenvalue weighted by Gasteiger charge is -2.33. The van der Waals surface area contributed by atoms with Crippen LogP contribution in [0.3, 0.4) is 0 Å². The Hall–Kier alpha value is -1.16. The maximum absolute atomic E-state index is 5.89. The molecular weight excluding hydrogens is 188 g/mol. The largest absolute Gasteiger partial charge is 0.341 e. The molecule has 4 nitrogen and oxygen atoms in total. The third-order valence-corrected chi connectivity index (χ3v) is 3.16. The summed E-state index contributed by atoms with van der Waals surface area (Å²) in [6.07, 6.45) is 8.09. The molecule has 1 fully saturated rings. The van der Waals surface area contributed by atoms with Gasteiger partial charge in [0.2, 0.25) is 5.95 Å². The fourth-order valence-corrected chi connectivity index (χ4v) is 2.13. The third-order valence-electron chi connectivity index (χ3n) is 3.16. The van der Waals surface area contributed by atoms with Crippen LogP contribution in [-0.4, -0.2) is 29.1 Å². The van der Waals surface area contributed by atoms with E-state index in [1.54, 1.807) is 12.4 Å². The minimum absolute atomic E-state index is 0.395. The van der Waals surface area contributed by atoms with Crippen LogP contribution in [0.25, 0.3) is 0 Å². The highest BCUT2D eigenvalue weighted by atomic mass is 15.2. The van der Waals surface area contributed by atoms with Gasteiger partial charge in [-0.3, -0.25) is 0 Å². The van der Waals surface area contributed by atoms with E-state index >= 15 is 0 Å². The molecule has 0 aliphatic heterocycles. The van der Waals surface area contributed by atoms with Gasteiger partial charge >= 0.3 is 0 Å². The van der Waals surface area contributed by atoms with Gasteiger partial charge in [-0.05, 0) is 31.7 Å². The van der Waals surface area contributed by atoms with Gasteiger partial charge in [-0.15, -0.1) is 0 Å². The zero-order valence-electron chi connectivity index (χ0n) is 9.13. The van der Waals surface area contributed by atoms with Crippen molar-refractivity contribution in [1.82, 2.24) is 9.97 Å². The van der Waals surface area contributed by atoms with Crippen molar-refractivity contribution in [2.75, 3.05) is 11.9 Å². The normalized spacial score (nSPS) is 26.3. The van der Waals surface area contributed by atoms with Crippen molar-refractivity contribution in [3.05, 3.63) is 18.5 Å². The van der Waals surface area contributed by atoms with Gasteiger partial charge in [0.1, 0.15) is 0 Å². The lowest BCUT2D eigenvalue weighted by atomic mass is 9.91. The Bertz CT molecular complexity index is 293. The molecule has 0 spiro atoms. The second-order valence-electron chi connectivity index (χ2n) is 4.23. The molecule has 1 aliphatic carbocycles. The van der Waals surface area contributed by atoms with Crippen LogP contribution >= 0.6 is 0 Å². The molecule has 1 saturated carbocycles. The van der Waals surface area contributed by atoms with Crippen LogP contribution in [0.2, 0.25) is 0 Å². The predicted octanol–water partition coefficient (Wildman–Crippen LogP) is 1.18. The van der Waals surface area contributed by atoms with E-state index in [4.69, 9.17) is 5.73 Å². The number of aromatic nitrogens is 2. The summed E-state index contributed by atoms with van der Waals surface area (Å²) >= 11 is 0. The number of hydrogen-bond acceptors (Lipinski definition) is 4. The standard InChI is InChI=1S/C11H18N4/c1-15(11-13-7-2-8-14-11)10-5-3-9(12)4-6-10/h2,7-10H,3-6,12H2,1H3. The summed E-state index contributed by atoms with van der Waals surface area (Å²) in [6, 6.07) is 2.78. The molecule has 0 radical (unpaired) electrons. The van der Waals surface area contributed by atoms with Crippen molar-refractivity contribution in [2.24, 2.45) is 5.73 Å². The van der Waals surface area contributed by atoms with E-state index in [0.29, 0.717) is 12.1 Å². The smallest absolute Gasteiger partial charge is 0.225 e. The van der Waals surface area contributed by atoms with Crippen LogP contribution in [0.5, 0.6) is 0 Å². The summed E-state index contributed by atoms with van der Waals surface area (Å²) in [4.78, 5) is 10.7. The maximum Gasteiger partial charge on any atom is 0.225 e. The summed E-state index contributed by atoms with van der Waals surface area (Å²) < 4.78 is 0. The van der Waals surface area contributed by atoms with Crippen molar-refractivity contribution in [3.8, 4) is 0 Å². The summed E-state index contributed by atoms with van der Waals surface area (Å²) in [6.45, 7) is 0. The van der Waals surface area contributed by atoms with Crippen LogP contribution < -0.4 is 10.6 Å². The van der Waals surface area contributed by atoms with Gasteiger partial charge < -0.3 is 10.6 Å². The van der Waals surface area contributed by atoms with Crippen LogP contribution in [0.1, 0.15) is 25.7 Å². The molecule has 0 bridgehead atoms. The fourth-order valence-electron chi connectivity index (χ4n) is 2.13. The van der Waals surface area contributed by atoms with E-state index in [1.165, 1.54) is 0 Å². The summed E-state index contributed by atoms with van der Waals surface area (Å²) in [5.74, 6) is 0.818. The average Bonchev–Trinajstić information content (AvgIpc) is 2.30. The highest BCUT2D eigenvalue weighted by Crippen LogP contribution is 2.23. The number of nitrogens with two attached hydrogens (primary N) is 1.